The minimum Gasteiger partial charge on any atom is -0.497 e. The standard InChI is InChI=1S/C27H32O4/c1-21(30-20-23-9-5-3-6-10-23)27(31-26-11-7-4-8-12-26)24(17-18-28)19-22-13-15-25(29-2)16-14-22/h3-16,21,24,27-28H,17-20H2,1-2H3/t21-,24+,27-/m0/s1. The van der Waals surface area contributed by atoms with Gasteiger partial charge in [0.15, 0.2) is 0 Å². The second-order valence-corrected chi connectivity index (χ2v) is 7.72. The Hall–Kier alpha value is -2.82. The predicted molar refractivity (Wildman–Crippen MR) is 123 cm³/mol. The zero-order chi connectivity index (χ0) is 21.9. The fraction of sp³-hybridized carbons (Fsp3) is 0.333. The number of aliphatic hydroxyl groups is 1. The van der Waals surface area contributed by atoms with Gasteiger partial charge in [-0.25, -0.2) is 0 Å². The highest BCUT2D eigenvalue weighted by Gasteiger charge is 2.30. The van der Waals surface area contributed by atoms with Gasteiger partial charge in [-0.15, -0.1) is 0 Å². The highest BCUT2D eigenvalue weighted by Crippen LogP contribution is 2.26. The Bertz CT molecular complexity index is 865. The van der Waals surface area contributed by atoms with E-state index < -0.39 is 0 Å². The molecule has 0 fully saturated rings. The van der Waals surface area contributed by atoms with Crippen molar-refractivity contribution in [3.05, 3.63) is 96.1 Å². The van der Waals surface area contributed by atoms with Gasteiger partial charge in [0.05, 0.1) is 19.8 Å². The molecule has 4 nitrogen and oxygen atoms in total. The maximum Gasteiger partial charge on any atom is 0.128 e. The third kappa shape index (κ3) is 7.12. The van der Waals surface area contributed by atoms with Crippen LogP contribution in [0.3, 0.4) is 0 Å². The van der Waals surface area contributed by atoms with Crippen molar-refractivity contribution in [2.45, 2.75) is 38.6 Å². The van der Waals surface area contributed by atoms with E-state index in [9.17, 15) is 5.11 Å². The predicted octanol–water partition coefficient (Wildman–Crippen LogP) is 5.29. The lowest BCUT2D eigenvalue weighted by molar-refractivity contribution is -0.0507. The van der Waals surface area contributed by atoms with Gasteiger partial charge in [0.2, 0.25) is 0 Å². The Kier molecular flexibility index (Phi) is 8.95. The van der Waals surface area contributed by atoms with Gasteiger partial charge in [0, 0.05) is 12.5 Å². The van der Waals surface area contributed by atoms with Crippen molar-refractivity contribution < 1.29 is 19.3 Å². The molecule has 0 aliphatic rings. The van der Waals surface area contributed by atoms with E-state index in [0.717, 1.165) is 23.5 Å². The first-order valence-corrected chi connectivity index (χ1v) is 10.8. The summed E-state index contributed by atoms with van der Waals surface area (Å²) in [6.45, 7) is 2.67. The molecule has 3 rings (SSSR count). The van der Waals surface area contributed by atoms with Crippen molar-refractivity contribution in [1.29, 1.82) is 0 Å². The average Bonchev–Trinajstić information content (AvgIpc) is 2.82. The van der Waals surface area contributed by atoms with Gasteiger partial charge in [0.1, 0.15) is 17.6 Å². The number of hydrogen-bond acceptors (Lipinski definition) is 4. The van der Waals surface area contributed by atoms with E-state index in [2.05, 4.69) is 31.2 Å². The lowest BCUT2D eigenvalue weighted by Gasteiger charge is -2.32. The molecular formula is C27H32O4. The number of para-hydroxylation sites is 1. The van der Waals surface area contributed by atoms with Gasteiger partial charge in [-0.2, -0.15) is 0 Å². The molecule has 0 radical (unpaired) electrons. The molecule has 0 saturated carbocycles. The zero-order valence-electron chi connectivity index (χ0n) is 18.3. The molecule has 0 bridgehead atoms. The molecular weight excluding hydrogens is 388 g/mol. The summed E-state index contributed by atoms with van der Waals surface area (Å²) in [5, 5.41) is 9.79. The van der Waals surface area contributed by atoms with Crippen LogP contribution in [0.15, 0.2) is 84.9 Å². The Morgan fingerprint density at radius 2 is 1.42 bits per heavy atom. The Morgan fingerprint density at radius 1 is 0.774 bits per heavy atom. The molecule has 3 aromatic carbocycles. The Labute approximate surface area is 185 Å². The van der Waals surface area contributed by atoms with Gasteiger partial charge in [-0.05, 0) is 55.2 Å². The Balaban J connectivity index is 1.78. The summed E-state index contributed by atoms with van der Waals surface area (Å²) in [6, 6.07) is 28.0. The van der Waals surface area contributed by atoms with Crippen molar-refractivity contribution in [1.82, 2.24) is 0 Å². The summed E-state index contributed by atoms with van der Waals surface area (Å²) in [5.41, 5.74) is 2.30. The molecule has 3 aromatic rings. The van der Waals surface area contributed by atoms with Crippen LogP contribution < -0.4 is 9.47 Å². The Morgan fingerprint density at radius 3 is 2.03 bits per heavy atom. The average molecular weight is 421 g/mol. The molecule has 0 spiro atoms. The summed E-state index contributed by atoms with van der Waals surface area (Å²) in [4.78, 5) is 0. The van der Waals surface area contributed by atoms with Crippen molar-refractivity contribution in [3.8, 4) is 11.5 Å². The van der Waals surface area contributed by atoms with Crippen molar-refractivity contribution >= 4 is 0 Å². The third-order valence-corrected chi connectivity index (χ3v) is 5.46. The molecule has 0 unspecified atom stereocenters. The van der Waals surface area contributed by atoms with E-state index in [1.54, 1.807) is 7.11 Å². The molecule has 0 heterocycles. The normalized spacial score (nSPS) is 13.9. The molecule has 4 heteroatoms. The van der Waals surface area contributed by atoms with Gasteiger partial charge >= 0.3 is 0 Å². The molecule has 1 N–H and O–H groups in total. The second-order valence-electron chi connectivity index (χ2n) is 7.72. The lowest BCUT2D eigenvalue weighted by atomic mass is 9.88. The fourth-order valence-corrected chi connectivity index (χ4v) is 3.74. The summed E-state index contributed by atoms with van der Waals surface area (Å²) >= 11 is 0. The topological polar surface area (TPSA) is 47.9 Å². The SMILES string of the molecule is COc1ccc(C[C@@H](CCO)[C@@H](Oc2ccccc2)[C@H](C)OCc2ccccc2)cc1. The first-order valence-electron chi connectivity index (χ1n) is 10.8. The van der Waals surface area contributed by atoms with E-state index in [0.29, 0.717) is 13.0 Å². The lowest BCUT2D eigenvalue weighted by Crippen LogP contribution is -2.40. The molecule has 0 aliphatic carbocycles. The maximum absolute atomic E-state index is 9.79. The summed E-state index contributed by atoms with van der Waals surface area (Å²) in [6.07, 6.45) is 1.04. The maximum atomic E-state index is 9.79. The summed E-state index contributed by atoms with van der Waals surface area (Å²) in [5.74, 6) is 1.73. The van der Waals surface area contributed by atoms with E-state index in [4.69, 9.17) is 14.2 Å². The number of benzene rings is 3. The van der Waals surface area contributed by atoms with Gasteiger partial charge in [0.25, 0.3) is 0 Å². The van der Waals surface area contributed by atoms with Gasteiger partial charge in [-0.3, -0.25) is 0 Å². The first kappa shape index (κ1) is 22.9. The fourth-order valence-electron chi connectivity index (χ4n) is 3.74. The molecule has 3 atom stereocenters. The second kappa shape index (κ2) is 12.1. The van der Waals surface area contributed by atoms with Crippen LogP contribution in [-0.2, 0) is 17.8 Å². The minimum atomic E-state index is -0.208. The van der Waals surface area contributed by atoms with E-state index >= 15 is 0 Å². The van der Waals surface area contributed by atoms with Crippen LogP contribution in [0.4, 0.5) is 0 Å². The largest absolute Gasteiger partial charge is 0.497 e. The highest BCUT2D eigenvalue weighted by atomic mass is 16.5. The van der Waals surface area contributed by atoms with Crippen LogP contribution in [0.5, 0.6) is 11.5 Å². The van der Waals surface area contributed by atoms with Crippen LogP contribution in [0.1, 0.15) is 24.5 Å². The number of hydrogen-bond donors (Lipinski definition) is 1. The molecule has 0 saturated heterocycles. The third-order valence-electron chi connectivity index (χ3n) is 5.46. The summed E-state index contributed by atoms with van der Waals surface area (Å²) < 4.78 is 17.9. The molecule has 0 aromatic heterocycles. The smallest absolute Gasteiger partial charge is 0.128 e. The van der Waals surface area contributed by atoms with E-state index in [-0.39, 0.29) is 24.7 Å². The molecule has 0 amide bonds. The van der Waals surface area contributed by atoms with E-state index in [1.165, 1.54) is 5.56 Å². The van der Waals surface area contributed by atoms with Crippen molar-refractivity contribution in [3.63, 3.8) is 0 Å². The van der Waals surface area contributed by atoms with Crippen LogP contribution in [0.2, 0.25) is 0 Å². The first-order chi connectivity index (χ1) is 15.2. The molecule has 164 valence electrons. The minimum absolute atomic E-state index is 0.0874. The quantitative estimate of drug-likeness (QED) is 0.433. The van der Waals surface area contributed by atoms with Gasteiger partial charge < -0.3 is 19.3 Å². The number of ether oxygens (including phenoxy) is 3. The number of rotatable bonds is 12. The van der Waals surface area contributed by atoms with Crippen molar-refractivity contribution in [2.75, 3.05) is 13.7 Å². The molecule has 0 aliphatic heterocycles. The monoisotopic (exact) mass is 420 g/mol. The van der Waals surface area contributed by atoms with Crippen LogP contribution >= 0.6 is 0 Å². The molecule has 31 heavy (non-hydrogen) atoms. The van der Waals surface area contributed by atoms with Gasteiger partial charge in [-0.1, -0.05) is 60.7 Å². The zero-order valence-corrected chi connectivity index (χ0v) is 18.3. The van der Waals surface area contributed by atoms with Crippen LogP contribution in [0, 0.1) is 5.92 Å². The van der Waals surface area contributed by atoms with Crippen LogP contribution in [-0.4, -0.2) is 31.0 Å². The van der Waals surface area contributed by atoms with E-state index in [1.807, 2.05) is 60.7 Å². The highest BCUT2D eigenvalue weighted by molar-refractivity contribution is 5.28. The van der Waals surface area contributed by atoms with Crippen molar-refractivity contribution in [2.24, 2.45) is 5.92 Å². The number of aliphatic hydroxyl groups excluding tert-OH is 1. The number of methoxy groups -OCH3 is 1. The summed E-state index contributed by atoms with van der Waals surface area (Å²) in [7, 11) is 1.67. The van der Waals surface area contributed by atoms with Crippen LogP contribution in [0.25, 0.3) is 0 Å².